The van der Waals surface area contributed by atoms with Gasteiger partial charge in [0.15, 0.2) is 24.8 Å². The Balaban J connectivity index is 1.63. The van der Waals surface area contributed by atoms with Crippen molar-refractivity contribution in [1.82, 2.24) is 0 Å². The Hall–Kier alpha value is -1.35. The Labute approximate surface area is 153 Å². The summed E-state index contributed by atoms with van der Waals surface area (Å²) in [6.45, 7) is 1.13. The van der Waals surface area contributed by atoms with Crippen LogP contribution in [0, 0.1) is 0 Å². The molecule has 0 atom stereocenters. The van der Waals surface area contributed by atoms with E-state index in [1.165, 1.54) is 62.5 Å². The largest absolute Gasteiger partial charge is 0.208 e. The van der Waals surface area contributed by atoms with Crippen molar-refractivity contribution >= 4 is 12.6 Å². The summed E-state index contributed by atoms with van der Waals surface area (Å²) in [6.07, 6.45) is 19.4. The number of hydrogen-bond acceptors (Lipinski definition) is 1. The fourth-order valence-corrected chi connectivity index (χ4v) is 3.18. The highest BCUT2D eigenvalue weighted by atomic mass is 32.1. The predicted octanol–water partition coefficient (Wildman–Crippen LogP) is 4.52. The van der Waals surface area contributed by atoms with Gasteiger partial charge in [-0.3, -0.25) is 0 Å². The van der Waals surface area contributed by atoms with Crippen LogP contribution in [0.3, 0.4) is 0 Å². The maximum absolute atomic E-state index is 4.25. The molecule has 0 aliphatic heterocycles. The van der Waals surface area contributed by atoms with E-state index in [2.05, 4.69) is 70.8 Å². The smallest absolute Gasteiger partial charge is 0.169 e. The highest BCUT2D eigenvalue weighted by Crippen LogP contribution is 2.15. The van der Waals surface area contributed by atoms with Gasteiger partial charge in [-0.1, -0.05) is 32.1 Å². The van der Waals surface area contributed by atoms with Gasteiger partial charge in [0.05, 0.1) is 0 Å². The lowest BCUT2D eigenvalue weighted by molar-refractivity contribution is -0.697. The van der Waals surface area contributed by atoms with Crippen molar-refractivity contribution in [2.24, 2.45) is 7.05 Å². The molecule has 0 saturated carbocycles. The van der Waals surface area contributed by atoms with Gasteiger partial charge in [-0.25, -0.2) is 9.13 Å². The van der Waals surface area contributed by atoms with Gasteiger partial charge >= 0.3 is 0 Å². The van der Waals surface area contributed by atoms with Crippen LogP contribution in [0.25, 0.3) is 11.1 Å². The molecule has 2 aromatic heterocycles. The Morgan fingerprint density at radius 2 is 1.12 bits per heavy atom. The fraction of sp³-hybridized carbons (Fsp3) is 0.524. The topological polar surface area (TPSA) is 7.76 Å². The molecule has 0 fully saturated rings. The minimum absolute atomic E-state index is 1.04. The first kappa shape index (κ1) is 19.0. The average molecular weight is 345 g/mol. The lowest BCUT2D eigenvalue weighted by Crippen LogP contribution is -2.32. The molecule has 0 spiro atoms. The molecule has 0 amide bonds. The summed E-state index contributed by atoms with van der Waals surface area (Å²) in [6, 6.07) is 8.76. The second-order valence-electron chi connectivity index (χ2n) is 6.63. The van der Waals surface area contributed by atoms with Crippen LogP contribution in [-0.4, -0.2) is 5.75 Å². The molecular formula is C21H32N2S+2. The normalized spacial score (nSPS) is 10.9. The molecular weight excluding hydrogens is 312 g/mol. The molecule has 0 radical (unpaired) electrons. The van der Waals surface area contributed by atoms with E-state index in [9.17, 15) is 0 Å². The van der Waals surface area contributed by atoms with E-state index in [0.29, 0.717) is 0 Å². The van der Waals surface area contributed by atoms with Crippen LogP contribution >= 0.6 is 12.6 Å². The summed E-state index contributed by atoms with van der Waals surface area (Å²) in [5.41, 5.74) is 2.56. The Morgan fingerprint density at radius 1 is 0.667 bits per heavy atom. The van der Waals surface area contributed by atoms with E-state index < -0.39 is 0 Å². The number of aryl methyl sites for hydroxylation is 2. The van der Waals surface area contributed by atoms with E-state index >= 15 is 0 Å². The van der Waals surface area contributed by atoms with Crippen molar-refractivity contribution in [1.29, 1.82) is 0 Å². The van der Waals surface area contributed by atoms with Crippen molar-refractivity contribution in [2.45, 2.75) is 57.9 Å². The maximum atomic E-state index is 4.25. The van der Waals surface area contributed by atoms with E-state index in [-0.39, 0.29) is 0 Å². The van der Waals surface area contributed by atoms with Crippen LogP contribution in [0.2, 0.25) is 0 Å². The van der Waals surface area contributed by atoms with Gasteiger partial charge in [-0.05, 0) is 29.7 Å². The van der Waals surface area contributed by atoms with Gasteiger partial charge < -0.3 is 0 Å². The zero-order valence-corrected chi connectivity index (χ0v) is 15.9. The number of rotatable bonds is 11. The Morgan fingerprint density at radius 3 is 1.67 bits per heavy atom. The first-order valence-corrected chi connectivity index (χ1v) is 9.98. The van der Waals surface area contributed by atoms with E-state index in [1.54, 1.807) is 0 Å². The van der Waals surface area contributed by atoms with Crippen LogP contribution in [0.1, 0.15) is 51.4 Å². The summed E-state index contributed by atoms with van der Waals surface area (Å²) >= 11 is 4.25. The van der Waals surface area contributed by atoms with Crippen LogP contribution < -0.4 is 9.13 Å². The third-order valence-corrected chi connectivity index (χ3v) is 4.84. The number of nitrogens with zero attached hydrogens (tertiary/aromatic N) is 2. The first-order valence-electron chi connectivity index (χ1n) is 9.35. The molecule has 2 heterocycles. The number of thiol groups is 1. The first-order chi connectivity index (χ1) is 11.8. The third kappa shape index (κ3) is 7.04. The Bertz CT molecular complexity index is 563. The van der Waals surface area contributed by atoms with Gasteiger partial charge in [0.25, 0.3) is 0 Å². The van der Waals surface area contributed by atoms with Crippen LogP contribution in [-0.2, 0) is 13.6 Å². The summed E-state index contributed by atoms with van der Waals surface area (Å²) in [5, 5.41) is 0. The second-order valence-corrected chi connectivity index (χ2v) is 7.08. The number of aromatic nitrogens is 2. The molecule has 0 unspecified atom stereocenters. The predicted molar refractivity (Wildman–Crippen MR) is 104 cm³/mol. The fourth-order valence-electron chi connectivity index (χ4n) is 2.96. The molecule has 0 N–H and O–H groups in total. The maximum Gasteiger partial charge on any atom is 0.169 e. The van der Waals surface area contributed by atoms with Crippen molar-refractivity contribution in [3.8, 4) is 11.1 Å². The van der Waals surface area contributed by atoms with Crippen molar-refractivity contribution < 1.29 is 9.13 Å². The number of unbranched alkanes of at least 4 members (excludes halogenated alkanes) is 7. The van der Waals surface area contributed by atoms with Crippen molar-refractivity contribution in [3.63, 3.8) is 0 Å². The molecule has 24 heavy (non-hydrogen) atoms. The lowest BCUT2D eigenvalue weighted by atomic mass is 10.1. The lowest BCUT2D eigenvalue weighted by Gasteiger charge is -2.02. The Kier molecular flexibility index (Phi) is 8.90. The molecule has 2 aromatic rings. The minimum atomic E-state index is 1.04. The molecule has 3 heteroatoms. The van der Waals surface area contributed by atoms with Gasteiger partial charge in [0, 0.05) is 30.7 Å². The quantitative estimate of drug-likeness (QED) is 0.348. The van der Waals surface area contributed by atoms with E-state index in [1.807, 2.05) is 7.05 Å². The zero-order chi connectivity index (χ0) is 17.0. The SMILES string of the molecule is C[n+]1ccc(-c2cc[n+](CCCCCCCCCCS)cc2)cc1. The summed E-state index contributed by atoms with van der Waals surface area (Å²) < 4.78 is 4.37. The number of pyridine rings is 2. The van der Waals surface area contributed by atoms with Gasteiger partial charge in [0.1, 0.15) is 13.6 Å². The van der Waals surface area contributed by atoms with Crippen LogP contribution in [0.15, 0.2) is 49.1 Å². The summed E-state index contributed by atoms with van der Waals surface area (Å²) in [5.74, 6) is 1.04. The summed E-state index contributed by atoms with van der Waals surface area (Å²) in [4.78, 5) is 0. The minimum Gasteiger partial charge on any atom is -0.208 e. The second kappa shape index (κ2) is 11.2. The van der Waals surface area contributed by atoms with E-state index in [0.717, 1.165) is 12.3 Å². The molecule has 0 saturated heterocycles. The monoisotopic (exact) mass is 344 g/mol. The highest BCUT2D eigenvalue weighted by molar-refractivity contribution is 7.80. The summed E-state index contributed by atoms with van der Waals surface area (Å²) in [7, 11) is 2.05. The van der Waals surface area contributed by atoms with Gasteiger partial charge in [-0.2, -0.15) is 12.6 Å². The molecule has 0 aliphatic rings. The third-order valence-electron chi connectivity index (χ3n) is 4.53. The molecule has 0 aliphatic carbocycles. The average Bonchev–Trinajstić information content (AvgIpc) is 2.62. The van der Waals surface area contributed by atoms with Gasteiger partial charge in [-0.15, -0.1) is 0 Å². The standard InChI is InChI=1S/C21H31N2S/c1-22-15-10-20(11-16-22)21-12-17-23(18-13-21)14-8-6-4-2-3-5-7-9-19-24/h10-13,15-18H,2-9,14,19H2,1H3/q+1/p+1. The van der Waals surface area contributed by atoms with Crippen LogP contribution in [0.4, 0.5) is 0 Å². The van der Waals surface area contributed by atoms with Crippen LogP contribution in [0.5, 0.6) is 0 Å². The number of hydrogen-bond donors (Lipinski definition) is 1. The zero-order valence-electron chi connectivity index (χ0n) is 15.0. The van der Waals surface area contributed by atoms with E-state index in [4.69, 9.17) is 0 Å². The van der Waals surface area contributed by atoms with Gasteiger partial charge in [0.2, 0.25) is 0 Å². The van der Waals surface area contributed by atoms with Crippen molar-refractivity contribution in [2.75, 3.05) is 5.75 Å². The molecule has 2 rings (SSSR count). The van der Waals surface area contributed by atoms with Crippen molar-refractivity contribution in [3.05, 3.63) is 49.1 Å². The molecule has 2 nitrogen and oxygen atoms in total. The molecule has 0 aromatic carbocycles. The highest BCUT2D eigenvalue weighted by Gasteiger charge is 2.04. The molecule has 130 valence electrons. The molecule has 0 bridgehead atoms.